The van der Waals surface area contributed by atoms with Crippen LogP contribution in [0.3, 0.4) is 0 Å². The van der Waals surface area contributed by atoms with Gasteiger partial charge in [-0.05, 0) is 31.5 Å². The Morgan fingerprint density at radius 3 is 2.94 bits per heavy atom. The summed E-state index contributed by atoms with van der Waals surface area (Å²) in [7, 11) is 0. The molecule has 16 heavy (non-hydrogen) atoms. The molecule has 3 heteroatoms. The van der Waals surface area contributed by atoms with Gasteiger partial charge in [0.25, 0.3) is 0 Å². The van der Waals surface area contributed by atoms with Gasteiger partial charge in [-0.25, -0.2) is 0 Å². The summed E-state index contributed by atoms with van der Waals surface area (Å²) in [4.78, 5) is 11.1. The van der Waals surface area contributed by atoms with Gasteiger partial charge in [-0.15, -0.1) is 0 Å². The minimum Gasteiger partial charge on any atom is -0.465 e. The van der Waals surface area contributed by atoms with Crippen molar-refractivity contribution in [3.63, 3.8) is 0 Å². The fraction of sp³-hybridized carbons (Fsp3) is 0.308. The van der Waals surface area contributed by atoms with Gasteiger partial charge in [0.05, 0.1) is 6.61 Å². The summed E-state index contributed by atoms with van der Waals surface area (Å²) in [5.74, 6) is 5.50. The van der Waals surface area contributed by atoms with Gasteiger partial charge in [0.2, 0.25) is 0 Å². The van der Waals surface area contributed by atoms with Crippen LogP contribution >= 0.6 is 15.9 Å². The normalized spacial score (nSPS) is 9.19. The van der Waals surface area contributed by atoms with E-state index >= 15 is 0 Å². The summed E-state index contributed by atoms with van der Waals surface area (Å²) in [6, 6.07) is 5.82. The Morgan fingerprint density at radius 2 is 2.25 bits per heavy atom. The minimum absolute atomic E-state index is 0.139. The van der Waals surface area contributed by atoms with E-state index in [1.807, 2.05) is 25.1 Å². The first-order valence-corrected chi connectivity index (χ1v) is 5.84. The predicted octanol–water partition coefficient (Wildman–Crippen LogP) is 3.06. The topological polar surface area (TPSA) is 26.3 Å². The van der Waals surface area contributed by atoms with Crippen molar-refractivity contribution in [2.24, 2.45) is 0 Å². The Morgan fingerprint density at radius 1 is 1.50 bits per heavy atom. The first kappa shape index (κ1) is 12.8. The molecule has 0 saturated heterocycles. The number of hydrogen-bond acceptors (Lipinski definition) is 2. The molecular weight excluding hydrogens is 268 g/mol. The van der Waals surface area contributed by atoms with Crippen LogP contribution in [0.5, 0.6) is 0 Å². The summed E-state index contributed by atoms with van der Waals surface area (Å²) in [5, 5.41) is 0. The van der Waals surface area contributed by atoms with E-state index in [0.717, 1.165) is 15.6 Å². The number of hydrogen-bond donors (Lipinski definition) is 0. The molecular formula is C13H13BrO2. The summed E-state index contributed by atoms with van der Waals surface area (Å²) in [6.07, 6.45) is 0.139. The molecule has 0 unspecified atom stereocenters. The second-order valence-corrected chi connectivity index (χ2v) is 4.05. The van der Waals surface area contributed by atoms with E-state index in [-0.39, 0.29) is 12.4 Å². The van der Waals surface area contributed by atoms with Crippen molar-refractivity contribution in [3.8, 4) is 11.8 Å². The Bertz CT molecular complexity index is 441. The number of halogens is 1. The largest absolute Gasteiger partial charge is 0.465 e. The predicted molar refractivity (Wildman–Crippen MR) is 67.0 cm³/mol. The lowest BCUT2D eigenvalue weighted by Gasteiger charge is -1.99. The summed E-state index contributed by atoms with van der Waals surface area (Å²) >= 11 is 3.43. The molecule has 0 aliphatic heterocycles. The van der Waals surface area contributed by atoms with Gasteiger partial charge < -0.3 is 4.74 Å². The van der Waals surface area contributed by atoms with E-state index < -0.39 is 0 Å². The lowest BCUT2D eigenvalue weighted by Crippen LogP contribution is -2.01. The van der Waals surface area contributed by atoms with Gasteiger partial charge in [0, 0.05) is 10.0 Å². The second-order valence-electron chi connectivity index (χ2n) is 3.20. The van der Waals surface area contributed by atoms with Gasteiger partial charge in [-0.2, -0.15) is 0 Å². The third kappa shape index (κ3) is 3.71. The lowest BCUT2D eigenvalue weighted by atomic mass is 10.1. The summed E-state index contributed by atoms with van der Waals surface area (Å²) in [6.45, 7) is 4.17. The van der Waals surface area contributed by atoms with Crippen molar-refractivity contribution < 1.29 is 9.53 Å². The monoisotopic (exact) mass is 280 g/mol. The molecule has 2 nitrogen and oxygen atoms in total. The molecule has 0 aliphatic carbocycles. The van der Waals surface area contributed by atoms with Crippen molar-refractivity contribution in [3.05, 3.63) is 33.8 Å². The average molecular weight is 281 g/mol. The van der Waals surface area contributed by atoms with Crippen LogP contribution < -0.4 is 0 Å². The Kier molecular flexibility index (Phi) is 5.07. The molecule has 1 aromatic carbocycles. The first-order valence-electron chi connectivity index (χ1n) is 5.04. The second kappa shape index (κ2) is 6.34. The third-order valence-corrected chi connectivity index (χ3v) is 2.89. The number of carbonyl (C=O) groups excluding carboxylic acids is 1. The smallest absolute Gasteiger partial charge is 0.317 e. The Labute approximate surface area is 104 Å². The van der Waals surface area contributed by atoms with Crippen LogP contribution in [0.25, 0.3) is 0 Å². The number of benzene rings is 1. The molecule has 0 aromatic heterocycles. The SMILES string of the molecule is CCOC(=O)CC#Cc1cccc(Br)c1C. The third-order valence-electron chi connectivity index (χ3n) is 2.03. The van der Waals surface area contributed by atoms with E-state index in [2.05, 4.69) is 27.8 Å². The maximum Gasteiger partial charge on any atom is 0.317 e. The maximum atomic E-state index is 11.1. The van der Waals surface area contributed by atoms with Crippen molar-refractivity contribution in [2.45, 2.75) is 20.3 Å². The minimum atomic E-state index is -0.275. The molecule has 0 saturated carbocycles. The standard InChI is InChI=1S/C13H13BrO2/c1-3-16-13(15)9-5-7-11-6-4-8-12(14)10(11)2/h4,6,8H,3,9H2,1-2H3. The van der Waals surface area contributed by atoms with Gasteiger partial charge in [-0.3, -0.25) is 4.79 Å². The molecule has 0 fully saturated rings. The first-order chi connectivity index (χ1) is 7.65. The molecule has 0 heterocycles. The van der Waals surface area contributed by atoms with Gasteiger partial charge in [-0.1, -0.05) is 33.8 Å². The van der Waals surface area contributed by atoms with Crippen LogP contribution in [-0.2, 0) is 9.53 Å². The van der Waals surface area contributed by atoms with E-state index in [9.17, 15) is 4.79 Å². The quantitative estimate of drug-likeness (QED) is 0.615. The summed E-state index contributed by atoms with van der Waals surface area (Å²) < 4.78 is 5.81. The summed E-state index contributed by atoms with van der Waals surface area (Å²) in [5.41, 5.74) is 2.01. The van der Waals surface area contributed by atoms with Crippen molar-refractivity contribution >= 4 is 21.9 Å². The van der Waals surface area contributed by atoms with E-state index in [4.69, 9.17) is 4.74 Å². The highest BCUT2D eigenvalue weighted by atomic mass is 79.9. The highest BCUT2D eigenvalue weighted by molar-refractivity contribution is 9.10. The zero-order valence-electron chi connectivity index (χ0n) is 9.34. The number of esters is 1. The van der Waals surface area contributed by atoms with Crippen LogP contribution in [0, 0.1) is 18.8 Å². The highest BCUT2D eigenvalue weighted by Gasteiger charge is 1.99. The van der Waals surface area contributed by atoms with Crippen molar-refractivity contribution in [1.29, 1.82) is 0 Å². The molecule has 0 aliphatic rings. The number of rotatable bonds is 2. The molecule has 0 N–H and O–H groups in total. The van der Waals surface area contributed by atoms with Crippen molar-refractivity contribution in [2.75, 3.05) is 6.61 Å². The fourth-order valence-electron chi connectivity index (χ4n) is 1.17. The van der Waals surface area contributed by atoms with Crippen LogP contribution in [0.15, 0.2) is 22.7 Å². The molecule has 84 valence electrons. The number of ether oxygens (including phenoxy) is 1. The Hall–Kier alpha value is -1.27. The number of carbonyl (C=O) groups is 1. The lowest BCUT2D eigenvalue weighted by molar-refractivity contribution is -0.141. The maximum absolute atomic E-state index is 11.1. The highest BCUT2D eigenvalue weighted by Crippen LogP contribution is 2.18. The van der Waals surface area contributed by atoms with E-state index in [1.165, 1.54) is 0 Å². The molecule has 0 bridgehead atoms. The van der Waals surface area contributed by atoms with Gasteiger partial charge in [0.1, 0.15) is 6.42 Å². The average Bonchev–Trinajstić information content (AvgIpc) is 2.25. The zero-order valence-corrected chi connectivity index (χ0v) is 10.9. The van der Waals surface area contributed by atoms with E-state index in [1.54, 1.807) is 6.92 Å². The van der Waals surface area contributed by atoms with Crippen LogP contribution in [-0.4, -0.2) is 12.6 Å². The van der Waals surface area contributed by atoms with Gasteiger partial charge >= 0.3 is 5.97 Å². The van der Waals surface area contributed by atoms with Crippen LogP contribution in [0.2, 0.25) is 0 Å². The molecule has 1 aromatic rings. The Balaban J connectivity index is 2.70. The van der Waals surface area contributed by atoms with Crippen LogP contribution in [0.1, 0.15) is 24.5 Å². The molecule has 1 rings (SSSR count). The van der Waals surface area contributed by atoms with Crippen LogP contribution in [0.4, 0.5) is 0 Å². The molecule has 0 atom stereocenters. The van der Waals surface area contributed by atoms with E-state index in [0.29, 0.717) is 6.61 Å². The molecule has 0 spiro atoms. The molecule has 0 amide bonds. The fourth-order valence-corrected chi connectivity index (χ4v) is 1.53. The van der Waals surface area contributed by atoms with Gasteiger partial charge in [0.15, 0.2) is 0 Å². The zero-order chi connectivity index (χ0) is 12.0. The molecule has 0 radical (unpaired) electrons. The van der Waals surface area contributed by atoms with Crippen molar-refractivity contribution in [1.82, 2.24) is 0 Å².